The van der Waals surface area contributed by atoms with Crippen LogP contribution in [0.1, 0.15) is 0 Å². The molecule has 0 aliphatic rings. The number of carboxylic acid groups (broad SMARTS) is 2. The van der Waals surface area contributed by atoms with E-state index in [4.69, 9.17) is 19.8 Å². The van der Waals surface area contributed by atoms with E-state index in [9.17, 15) is 0 Å². The summed E-state index contributed by atoms with van der Waals surface area (Å²) in [5, 5.41) is 18.0. The monoisotopic (exact) mass is 213 g/mol. The molecule has 0 aliphatic heterocycles. The minimum absolute atomic E-state index is 0. The van der Waals surface area contributed by atoms with Gasteiger partial charge in [-0.15, -0.1) is 0 Å². The molecule has 0 spiro atoms. The van der Waals surface area contributed by atoms with E-state index in [1.165, 1.54) is 10.9 Å². The number of hydrogen-bond donors (Lipinski definition) is 4. The first kappa shape index (κ1) is 16.5. The zero-order chi connectivity index (χ0) is 8.57. The summed E-state index contributed by atoms with van der Waals surface area (Å²) in [6.45, 7) is 0. The summed E-state index contributed by atoms with van der Waals surface area (Å²) in [5.74, 6) is 8.52. The third-order valence-electron chi connectivity index (χ3n) is 0.236. The molecule has 0 fully saturated rings. The molecule has 6 N–H and O–H groups in total. The predicted octanol–water partition coefficient (Wildman–Crippen LogP) is -4.42. The van der Waals surface area contributed by atoms with Crippen LogP contribution in [0.25, 0.3) is 0 Å². The maximum atomic E-state index is 9.02. The smallest absolute Gasteiger partial charge is 0.529 e. The summed E-state index contributed by atoms with van der Waals surface area (Å²) >= 11 is 0. The fourth-order valence-corrected chi connectivity index (χ4v) is 0. The normalized spacial score (nSPS) is 6.00. The number of carbonyl (C=O) groups is 2. The van der Waals surface area contributed by atoms with Crippen molar-refractivity contribution in [3.63, 3.8) is 0 Å². The summed E-state index contributed by atoms with van der Waals surface area (Å²) in [4.78, 5) is 18.0. The van der Waals surface area contributed by atoms with Gasteiger partial charge in [0.15, 0.2) is 0 Å². The van der Waals surface area contributed by atoms with E-state index in [0.717, 1.165) is 0 Å². The predicted molar refractivity (Wildman–Crippen MR) is 25.4 cm³/mol. The molecule has 0 saturated heterocycles. The van der Waals surface area contributed by atoms with Crippen LogP contribution in [-0.4, -0.2) is 12.2 Å². The summed E-state index contributed by atoms with van der Waals surface area (Å²) in [6.07, 6.45) is -2.94. The second-order valence-electron chi connectivity index (χ2n) is 0.864. The zero-order valence-corrected chi connectivity index (χ0v) is 6.03. The minimum atomic E-state index is -1.47. The molecule has 69 valence electrons. The van der Waals surface area contributed by atoms with E-state index in [1.807, 2.05) is 0 Å². The summed E-state index contributed by atoms with van der Waals surface area (Å²) in [5.41, 5.74) is 2.67. The maximum absolute atomic E-state index is 9.02. The molecular weight excluding hydrogens is 208 g/mol. The summed E-state index contributed by atoms with van der Waals surface area (Å²) in [7, 11) is 0. The molecule has 0 aromatic carbocycles. The van der Waals surface area contributed by atoms with Crippen LogP contribution < -0.4 is 32.7 Å². The van der Waals surface area contributed by atoms with Gasteiger partial charge < -0.3 is 30.7 Å². The molecule has 11 heavy (non-hydrogen) atoms. The van der Waals surface area contributed by atoms with Crippen molar-refractivity contribution < 1.29 is 36.9 Å². The standard InChI is InChI=1S/2CH4N2O2.Cu/c2*2-3-1(4)5;/h2*3H,2H2,(H,4,5);/q;;+2/p-2. The van der Waals surface area contributed by atoms with Gasteiger partial charge in [0.05, 0.1) is 0 Å². The Kier molecular flexibility index (Phi) is 17.6. The van der Waals surface area contributed by atoms with Gasteiger partial charge in [0.1, 0.15) is 12.2 Å². The second-order valence-corrected chi connectivity index (χ2v) is 0.864. The van der Waals surface area contributed by atoms with E-state index >= 15 is 0 Å². The van der Waals surface area contributed by atoms with E-state index in [2.05, 4.69) is 11.7 Å². The number of hydrazine groups is 2. The fourth-order valence-electron chi connectivity index (χ4n) is 0. The average molecular weight is 214 g/mol. The van der Waals surface area contributed by atoms with Crippen molar-refractivity contribution in [3.8, 4) is 0 Å². The van der Waals surface area contributed by atoms with Crippen LogP contribution >= 0.6 is 0 Å². The Bertz CT molecular complexity index is 105. The molecule has 0 aromatic heterocycles. The Balaban J connectivity index is -0.000000107. The van der Waals surface area contributed by atoms with Crippen molar-refractivity contribution in [2.24, 2.45) is 11.7 Å². The van der Waals surface area contributed by atoms with Gasteiger partial charge in [-0.05, 0) is 0 Å². The molecule has 0 unspecified atom stereocenters. The molecule has 2 amide bonds. The van der Waals surface area contributed by atoms with Gasteiger partial charge in [-0.1, -0.05) is 0 Å². The second kappa shape index (κ2) is 11.7. The number of rotatable bonds is 0. The largest absolute Gasteiger partial charge is 2.00 e. The van der Waals surface area contributed by atoms with Crippen LogP contribution in [0, 0.1) is 0 Å². The zero-order valence-electron chi connectivity index (χ0n) is 5.09. The van der Waals surface area contributed by atoms with Crippen LogP contribution in [0.3, 0.4) is 0 Å². The first-order chi connectivity index (χ1) is 4.54. The van der Waals surface area contributed by atoms with Crippen molar-refractivity contribution in [3.05, 3.63) is 0 Å². The van der Waals surface area contributed by atoms with Gasteiger partial charge in [-0.25, -0.2) is 11.7 Å². The van der Waals surface area contributed by atoms with Crippen LogP contribution in [0.2, 0.25) is 0 Å². The SMILES string of the molecule is NNC(=O)[O-].NNC(=O)[O-].[Cu+2]. The van der Waals surface area contributed by atoms with E-state index in [0.29, 0.717) is 0 Å². The molecule has 0 rings (SSSR count). The van der Waals surface area contributed by atoms with E-state index < -0.39 is 12.2 Å². The molecule has 1 radical (unpaired) electrons. The maximum Gasteiger partial charge on any atom is 2.00 e. The fraction of sp³-hybridized carbons (Fsp3) is 0. The van der Waals surface area contributed by atoms with E-state index in [-0.39, 0.29) is 17.1 Å². The third-order valence-corrected chi connectivity index (χ3v) is 0.236. The molecule has 9 heteroatoms. The molecule has 0 saturated carbocycles. The molecule has 0 aliphatic carbocycles. The third kappa shape index (κ3) is 49.3. The summed E-state index contributed by atoms with van der Waals surface area (Å²) < 4.78 is 0. The Morgan fingerprint density at radius 2 is 1.09 bits per heavy atom. The summed E-state index contributed by atoms with van der Waals surface area (Å²) in [6, 6.07) is 0. The Morgan fingerprint density at radius 1 is 1.00 bits per heavy atom. The number of hydrogen-bond acceptors (Lipinski definition) is 6. The molecular formula is C2H6CuN4O4. The molecule has 0 aromatic rings. The van der Waals surface area contributed by atoms with Gasteiger partial charge in [0.25, 0.3) is 0 Å². The Hall–Kier alpha value is -1.02. The number of nitrogens with two attached hydrogens (primary N) is 2. The Labute approximate surface area is 72.3 Å². The van der Waals surface area contributed by atoms with Gasteiger partial charge in [0.2, 0.25) is 0 Å². The number of carbonyl (C=O) groups excluding carboxylic acids is 2. The van der Waals surface area contributed by atoms with Gasteiger partial charge in [-0.2, -0.15) is 0 Å². The van der Waals surface area contributed by atoms with Crippen molar-refractivity contribution in [2.45, 2.75) is 0 Å². The average Bonchev–Trinajstić information content (AvgIpc) is 1.89. The molecule has 0 atom stereocenters. The number of amides is 2. The van der Waals surface area contributed by atoms with Crippen LogP contribution in [-0.2, 0) is 17.1 Å². The number of nitrogens with one attached hydrogen (secondary N) is 2. The van der Waals surface area contributed by atoms with Crippen molar-refractivity contribution >= 4 is 12.2 Å². The van der Waals surface area contributed by atoms with Crippen LogP contribution in [0.15, 0.2) is 0 Å². The van der Waals surface area contributed by atoms with Gasteiger partial charge in [0, 0.05) is 0 Å². The van der Waals surface area contributed by atoms with Crippen molar-refractivity contribution in [2.75, 3.05) is 0 Å². The van der Waals surface area contributed by atoms with Gasteiger partial charge in [-0.3, -0.25) is 0 Å². The first-order valence-electron chi connectivity index (χ1n) is 1.89. The molecule has 8 nitrogen and oxygen atoms in total. The topological polar surface area (TPSA) is 156 Å². The first-order valence-corrected chi connectivity index (χ1v) is 1.89. The van der Waals surface area contributed by atoms with E-state index in [1.54, 1.807) is 0 Å². The van der Waals surface area contributed by atoms with Crippen molar-refractivity contribution in [1.82, 2.24) is 10.9 Å². The Morgan fingerprint density at radius 3 is 1.09 bits per heavy atom. The van der Waals surface area contributed by atoms with Crippen molar-refractivity contribution in [1.29, 1.82) is 0 Å². The van der Waals surface area contributed by atoms with Crippen LogP contribution in [0.5, 0.6) is 0 Å². The molecule has 0 heterocycles. The quantitative estimate of drug-likeness (QED) is 0.138. The van der Waals surface area contributed by atoms with Gasteiger partial charge >= 0.3 is 17.1 Å². The molecule has 0 bridgehead atoms. The van der Waals surface area contributed by atoms with Crippen LogP contribution in [0.4, 0.5) is 9.59 Å². The minimum Gasteiger partial charge on any atom is -0.529 e.